The number of aromatic nitrogens is 1. The van der Waals surface area contributed by atoms with Crippen molar-refractivity contribution < 1.29 is 9.47 Å². The van der Waals surface area contributed by atoms with Crippen molar-refractivity contribution in [3.63, 3.8) is 0 Å². The van der Waals surface area contributed by atoms with Gasteiger partial charge in [0.05, 0.1) is 0 Å². The smallest absolute Gasteiger partial charge is 0.255 e. The first-order valence-corrected chi connectivity index (χ1v) is 10.5. The van der Waals surface area contributed by atoms with E-state index in [1.807, 2.05) is 41.8 Å². The molecule has 3 aliphatic rings. The molecule has 0 spiro atoms. The highest BCUT2D eigenvalue weighted by atomic mass is 35.5. The maximum atomic E-state index is 13.0. The van der Waals surface area contributed by atoms with Gasteiger partial charge in [-0.2, -0.15) is 0 Å². The van der Waals surface area contributed by atoms with Crippen molar-refractivity contribution >= 4 is 11.6 Å². The van der Waals surface area contributed by atoms with Gasteiger partial charge in [-0.25, -0.2) is 0 Å². The first kappa shape index (κ1) is 19.0. The third kappa shape index (κ3) is 3.54. The molecular weight excluding hydrogens is 390 g/mol. The number of rotatable bonds is 4. The Labute approximate surface area is 175 Å². The number of halogens is 1. The van der Waals surface area contributed by atoms with Crippen LogP contribution in [0.4, 0.5) is 0 Å². The van der Waals surface area contributed by atoms with E-state index in [2.05, 4.69) is 11.0 Å². The number of piperidine rings is 1. The van der Waals surface area contributed by atoms with Crippen LogP contribution in [-0.2, 0) is 19.6 Å². The lowest BCUT2D eigenvalue weighted by atomic mass is 9.82. The van der Waals surface area contributed by atoms with Gasteiger partial charge in [0.2, 0.25) is 6.79 Å². The van der Waals surface area contributed by atoms with Gasteiger partial charge in [0, 0.05) is 61.0 Å². The predicted molar refractivity (Wildman–Crippen MR) is 112 cm³/mol. The van der Waals surface area contributed by atoms with E-state index in [4.69, 9.17) is 21.1 Å². The molecule has 0 radical (unpaired) electrons. The first-order chi connectivity index (χ1) is 14.0. The molecule has 2 atom stereocenters. The van der Waals surface area contributed by atoms with Gasteiger partial charge in [0.15, 0.2) is 11.5 Å². The predicted octanol–water partition coefficient (Wildman–Crippen LogP) is 2.91. The summed E-state index contributed by atoms with van der Waals surface area (Å²) >= 11 is 6.50. The standard InChI is InChI=1S/C22H26ClN3O3/c1-24(2)10-15-3-4-19-17-5-14(9-26(19)22(15)27)8-25(12-17)11-16-6-20-21(7-18(16)23)29-13-28-20/h3-4,6-7,14,17H,5,8-13H2,1-2H3/t14-,17+/m0/s1. The van der Waals surface area contributed by atoms with Crippen LogP contribution >= 0.6 is 11.6 Å². The number of hydrogen-bond donors (Lipinski definition) is 0. The summed E-state index contributed by atoms with van der Waals surface area (Å²) in [7, 11) is 3.99. The van der Waals surface area contributed by atoms with Crippen molar-refractivity contribution in [2.75, 3.05) is 34.0 Å². The third-order valence-electron chi connectivity index (χ3n) is 6.18. The van der Waals surface area contributed by atoms with Gasteiger partial charge in [-0.05, 0) is 44.1 Å². The highest BCUT2D eigenvalue weighted by molar-refractivity contribution is 6.31. The average molecular weight is 416 g/mol. The molecule has 1 saturated heterocycles. The highest BCUT2D eigenvalue weighted by Crippen LogP contribution is 2.39. The monoisotopic (exact) mass is 415 g/mol. The molecule has 5 rings (SSSR count). The molecule has 6 nitrogen and oxygen atoms in total. The Balaban J connectivity index is 1.38. The van der Waals surface area contributed by atoms with E-state index in [1.54, 1.807) is 0 Å². The largest absolute Gasteiger partial charge is 0.454 e. The van der Waals surface area contributed by atoms with Crippen molar-refractivity contribution in [3.8, 4) is 11.5 Å². The van der Waals surface area contributed by atoms with E-state index in [0.29, 0.717) is 18.4 Å². The van der Waals surface area contributed by atoms with Crippen LogP contribution in [-0.4, -0.2) is 48.3 Å². The number of likely N-dealkylation sites (tertiary alicyclic amines) is 1. The topological polar surface area (TPSA) is 46.9 Å². The average Bonchev–Trinajstić information content (AvgIpc) is 3.11. The summed E-state index contributed by atoms with van der Waals surface area (Å²) in [5.74, 6) is 2.36. The van der Waals surface area contributed by atoms with E-state index in [9.17, 15) is 4.79 Å². The lowest BCUT2D eigenvalue weighted by Crippen LogP contribution is -2.47. The Bertz CT molecular complexity index is 1000. The fourth-order valence-corrected chi connectivity index (χ4v) is 5.22. The number of nitrogens with zero attached hydrogens (tertiary/aromatic N) is 3. The minimum atomic E-state index is 0.179. The fraction of sp³-hybridized carbons (Fsp3) is 0.500. The zero-order valence-electron chi connectivity index (χ0n) is 16.9. The molecule has 0 unspecified atom stereocenters. The van der Waals surface area contributed by atoms with E-state index < -0.39 is 0 Å². The SMILES string of the molecule is CN(C)Cc1ccc2n(c1=O)C[C@H]1C[C@@H]2CN(Cc2cc3c(cc2Cl)OCO3)C1. The molecule has 0 amide bonds. The van der Waals surface area contributed by atoms with Gasteiger partial charge in [-0.3, -0.25) is 9.69 Å². The van der Waals surface area contributed by atoms with Crippen molar-refractivity contribution in [2.45, 2.75) is 32.0 Å². The second kappa shape index (κ2) is 7.35. The van der Waals surface area contributed by atoms with Crippen molar-refractivity contribution in [3.05, 3.63) is 56.5 Å². The van der Waals surface area contributed by atoms with Crippen molar-refractivity contribution in [1.82, 2.24) is 14.4 Å². The van der Waals surface area contributed by atoms with Gasteiger partial charge in [-0.1, -0.05) is 17.7 Å². The van der Waals surface area contributed by atoms with Crippen molar-refractivity contribution in [1.29, 1.82) is 0 Å². The second-order valence-electron chi connectivity index (χ2n) is 8.73. The van der Waals surface area contributed by atoms with Gasteiger partial charge in [0.25, 0.3) is 5.56 Å². The zero-order chi connectivity index (χ0) is 20.1. The molecule has 0 N–H and O–H groups in total. The summed E-state index contributed by atoms with van der Waals surface area (Å²) < 4.78 is 13.0. The molecule has 1 aromatic heterocycles. The summed E-state index contributed by atoms with van der Waals surface area (Å²) in [4.78, 5) is 17.5. The normalized spacial score (nSPS) is 22.8. The first-order valence-electron chi connectivity index (χ1n) is 10.2. The number of pyridine rings is 1. The van der Waals surface area contributed by atoms with E-state index in [-0.39, 0.29) is 12.4 Å². The third-order valence-corrected chi connectivity index (χ3v) is 6.53. The van der Waals surface area contributed by atoms with Gasteiger partial charge >= 0.3 is 0 Å². The summed E-state index contributed by atoms with van der Waals surface area (Å²) in [5.41, 5.74) is 3.30. The van der Waals surface area contributed by atoms with Crippen LogP contribution in [0.15, 0.2) is 29.1 Å². The Morgan fingerprint density at radius 1 is 1.10 bits per heavy atom. The van der Waals surface area contributed by atoms with E-state index in [0.717, 1.165) is 60.2 Å². The Kier molecular flexibility index (Phi) is 4.81. The van der Waals surface area contributed by atoms with E-state index >= 15 is 0 Å². The number of ether oxygens (including phenoxy) is 2. The van der Waals surface area contributed by atoms with Crippen LogP contribution in [0.2, 0.25) is 5.02 Å². The maximum Gasteiger partial charge on any atom is 0.255 e. The van der Waals surface area contributed by atoms with Crippen molar-refractivity contribution in [2.24, 2.45) is 5.92 Å². The second-order valence-corrected chi connectivity index (χ2v) is 9.13. The van der Waals surface area contributed by atoms with Crippen LogP contribution in [0.5, 0.6) is 11.5 Å². The number of fused-ring (bicyclic) bond motifs is 5. The lowest BCUT2D eigenvalue weighted by molar-refractivity contribution is 0.114. The summed E-state index contributed by atoms with van der Waals surface area (Å²) in [5, 5.41) is 0.718. The molecule has 2 aromatic rings. The zero-order valence-corrected chi connectivity index (χ0v) is 17.6. The molecule has 29 heavy (non-hydrogen) atoms. The molecule has 1 fully saturated rings. The maximum absolute atomic E-state index is 13.0. The quantitative estimate of drug-likeness (QED) is 0.768. The Morgan fingerprint density at radius 2 is 1.90 bits per heavy atom. The summed E-state index contributed by atoms with van der Waals surface area (Å²) in [6.07, 6.45) is 1.15. The van der Waals surface area contributed by atoms with Gasteiger partial charge in [-0.15, -0.1) is 0 Å². The Hall–Kier alpha value is -2.02. The van der Waals surface area contributed by atoms with Crippen LogP contribution in [0.1, 0.15) is 29.2 Å². The fourth-order valence-electron chi connectivity index (χ4n) is 5.00. The molecular formula is C22H26ClN3O3. The minimum Gasteiger partial charge on any atom is -0.454 e. The molecule has 0 aliphatic carbocycles. The molecule has 7 heteroatoms. The molecule has 1 aromatic carbocycles. The van der Waals surface area contributed by atoms with Gasteiger partial charge < -0.3 is 18.9 Å². The van der Waals surface area contributed by atoms with Gasteiger partial charge in [0.1, 0.15) is 0 Å². The molecule has 0 saturated carbocycles. The molecule has 2 bridgehead atoms. The van der Waals surface area contributed by atoms with Crippen LogP contribution in [0.25, 0.3) is 0 Å². The van der Waals surface area contributed by atoms with Crippen LogP contribution in [0, 0.1) is 5.92 Å². The molecule has 154 valence electrons. The number of benzene rings is 1. The number of hydrogen-bond acceptors (Lipinski definition) is 5. The van der Waals surface area contributed by atoms with E-state index in [1.165, 1.54) is 5.69 Å². The molecule has 4 heterocycles. The minimum absolute atomic E-state index is 0.179. The summed E-state index contributed by atoms with van der Waals surface area (Å²) in [6, 6.07) is 8.03. The highest BCUT2D eigenvalue weighted by Gasteiger charge is 2.35. The van der Waals surface area contributed by atoms with Crippen LogP contribution < -0.4 is 15.0 Å². The van der Waals surface area contributed by atoms with Crippen LogP contribution in [0.3, 0.4) is 0 Å². The lowest BCUT2D eigenvalue weighted by Gasteiger charge is -2.43. The summed E-state index contributed by atoms with van der Waals surface area (Å²) in [6.45, 7) is 4.44. The molecule has 3 aliphatic heterocycles. The Morgan fingerprint density at radius 3 is 2.69 bits per heavy atom.